The van der Waals surface area contributed by atoms with Gasteiger partial charge < -0.3 is 10.2 Å². The molecule has 0 radical (unpaired) electrons. The molecule has 2 aliphatic rings. The third kappa shape index (κ3) is 2.51. The summed E-state index contributed by atoms with van der Waals surface area (Å²) in [6, 6.07) is 0.113. The minimum atomic E-state index is 0.113. The van der Waals surface area contributed by atoms with Crippen LogP contribution in [0.2, 0.25) is 0 Å². The third-order valence-corrected chi connectivity index (χ3v) is 3.81. The molecule has 2 fully saturated rings. The number of carbonyl (C=O) groups is 1. The summed E-state index contributed by atoms with van der Waals surface area (Å²) in [5, 5.41) is 3.37. The molecule has 1 amide bonds. The Morgan fingerprint density at radius 3 is 2.80 bits per heavy atom. The number of hydrogen-bond acceptors (Lipinski definition) is 2. The fraction of sp³-hybridized carbons (Fsp3) is 0.917. The molecule has 0 aromatic rings. The first-order valence-electron chi connectivity index (χ1n) is 6.33. The molecule has 3 heteroatoms. The van der Waals surface area contributed by atoms with Crippen LogP contribution in [0.25, 0.3) is 0 Å². The van der Waals surface area contributed by atoms with Gasteiger partial charge in [0.2, 0.25) is 5.91 Å². The Bertz CT molecular complexity index is 224. The van der Waals surface area contributed by atoms with Gasteiger partial charge >= 0.3 is 0 Å². The van der Waals surface area contributed by atoms with Crippen LogP contribution in [0.3, 0.4) is 0 Å². The van der Waals surface area contributed by atoms with Crippen LogP contribution < -0.4 is 5.32 Å². The summed E-state index contributed by atoms with van der Waals surface area (Å²) in [7, 11) is 0. The van der Waals surface area contributed by atoms with Gasteiger partial charge in [-0.2, -0.15) is 0 Å². The van der Waals surface area contributed by atoms with E-state index in [9.17, 15) is 4.79 Å². The monoisotopic (exact) mass is 210 g/mol. The van der Waals surface area contributed by atoms with Gasteiger partial charge in [-0.1, -0.05) is 13.3 Å². The lowest BCUT2D eigenvalue weighted by atomic mass is 9.90. The molecule has 1 N–H and O–H groups in total. The number of nitrogens with zero attached hydrogens (tertiary/aromatic N) is 1. The highest BCUT2D eigenvalue weighted by Crippen LogP contribution is 2.21. The highest BCUT2D eigenvalue weighted by Gasteiger charge is 2.30. The van der Waals surface area contributed by atoms with Crippen molar-refractivity contribution in [2.24, 2.45) is 5.92 Å². The quantitative estimate of drug-likeness (QED) is 0.747. The highest BCUT2D eigenvalue weighted by atomic mass is 16.2. The lowest BCUT2D eigenvalue weighted by Gasteiger charge is -2.31. The van der Waals surface area contributed by atoms with Gasteiger partial charge in [-0.05, 0) is 38.1 Å². The fourth-order valence-electron chi connectivity index (χ4n) is 2.71. The van der Waals surface area contributed by atoms with Crippen molar-refractivity contribution >= 4 is 5.91 Å². The number of nitrogens with one attached hydrogen (secondary N) is 1. The van der Waals surface area contributed by atoms with Crippen LogP contribution >= 0.6 is 0 Å². The lowest BCUT2D eigenvalue weighted by Crippen LogP contribution is -2.49. The maximum absolute atomic E-state index is 12.1. The smallest absolute Gasteiger partial charge is 0.239 e. The Morgan fingerprint density at radius 1 is 1.40 bits per heavy atom. The lowest BCUT2D eigenvalue weighted by molar-refractivity contribution is -0.133. The van der Waals surface area contributed by atoms with Crippen LogP contribution in [0.15, 0.2) is 0 Å². The summed E-state index contributed by atoms with van der Waals surface area (Å²) >= 11 is 0. The summed E-state index contributed by atoms with van der Waals surface area (Å²) in [5.74, 6) is 1.11. The molecule has 86 valence electrons. The minimum absolute atomic E-state index is 0.113. The summed E-state index contributed by atoms with van der Waals surface area (Å²) in [4.78, 5) is 14.2. The molecule has 0 spiro atoms. The van der Waals surface area contributed by atoms with E-state index in [1.165, 1.54) is 25.7 Å². The van der Waals surface area contributed by atoms with Crippen molar-refractivity contribution in [3.8, 4) is 0 Å². The van der Waals surface area contributed by atoms with Crippen LogP contribution in [0.4, 0.5) is 0 Å². The van der Waals surface area contributed by atoms with Crippen molar-refractivity contribution in [1.29, 1.82) is 0 Å². The molecule has 0 saturated carbocycles. The van der Waals surface area contributed by atoms with Crippen molar-refractivity contribution < 1.29 is 4.79 Å². The predicted molar refractivity (Wildman–Crippen MR) is 60.6 cm³/mol. The van der Waals surface area contributed by atoms with E-state index in [-0.39, 0.29) is 6.04 Å². The maximum atomic E-state index is 12.1. The highest BCUT2D eigenvalue weighted by molar-refractivity contribution is 5.82. The molecule has 3 nitrogen and oxygen atoms in total. The Balaban J connectivity index is 1.88. The molecule has 0 aromatic carbocycles. The van der Waals surface area contributed by atoms with E-state index < -0.39 is 0 Å². The Labute approximate surface area is 92.2 Å². The normalized spacial score (nSPS) is 31.9. The zero-order valence-corrected chi connectivity index (χ0v) is 9.67. The molecule has 2 saturated heterocycles. The largest absolute Gasteiger partial charge is 0.341 e. The Morgan fingerprint density at radius 2 is 2.13 bits per heavy atom. The van der Waals surface area contributed by atoms with Gasteiger partial charge in [0.1, 0.15) is 0 Å². The number of rotatable bonds is 2. The molecule has 2 rings (SSSR count). The average Bonchev–Trinajstić information content (AvgIpc) is 2.81. The summed E-state index contributed by atoms with van der Waals surface area (Å²) in [6.45, 7) is 5.21. The first-order valence-corrected chi connectivity index (χ1v) is 6.33. The average molecular weight is 210 g/mol. The first-order chi connectivity index (χ1) is 7.31. The second kappa shape index (κ2) is 4.97. The molecular weight excluding hydrogens is 188 g/mol. The van der Waals surface area contributed by atoms with E-state index in [1.807, 2.05) is 4.90 Å². The van der Waals surface area contributed by atoms with Gasteiger partial charge in [-0.25, -0.2) is 0 Å². The fourth-order valence-corrected chi connectivity index (χ4v) is 2.71. The molecular formula is C12H22N2O. The number of amides is 1. The standard InChI is InChI=1S/C12H22N2O/c1-2-10-5-6-13-11(9-10)12(15)14-7-3-4-8-14/h10-11,13H,2-9H2,1H3. The predicted octanol–water partition coefficient (Wildman–Crippen LogP) is 1.39. The van der Waals surface area contributed by atoms with Crippen LogP contribution in [-0.2, 0) is 4.79 Å². The van der Waals surface area contributed by atoms with Crippen molar-refractivity contribution in [1.82, 2.24) is 10.2 Å². The number of carbonyl (C=O) groups excluding carboxylic acids is 1. The third-order valence-electron chi connectivity index (χ3n) is 3.81. The van der Waals surface area contributed by atoms with Crippen molar-refractivity contribution in [3.05, 3.63) is 0 Å². The van der Waals surface area contributed by atoms with E-state index in [4.69, 9.17) is 0 Å². The van der Waals surface area contributed by atoms with Crippen LogP contribution in [-0.4, -0.2) is 36.5 Å². The maximum Gasteiger partial charge on any atom is 0.239 e. The van der Waals surface area contributed by atoms with Gasteiger partial charge in [0.05, 0.1) is 6.04 Å². The second-order valence-corrected chi connectivity index (χ2v) is 4.84. The number of piperidine rings is 1. The zero-order valence-electron chi connectivity index (χ0n) is 9.67. The summed E-state index contributed by atoms with van der Waals surface area (Å²) in [6.07, 6.45) is 5.88. The van der Waals surface area contributed by atoms with E-state index >= 15 is 0 Å². The Kier molecular flexibility index (Phi) is 3.62. The first kappa shape index (κ1) is 10.9. The van der Waals surface area contributed by atoms with Crippen molar-refractivity contribution in [2.75, 3.05) is 19.6 Å². The minimum Gasteiger partial charge on any atom is -0.341 e. The SMILES string of the molecule is CCC1CCNC(C(=O)N2CCCC2)C1. The number of hydrogen-bond donors (Lipinski definition) is 1. The van der Waals surface area contributed by atoms with Gasteiger partial charge in [-0.3, -0.25) is 4.79 Å². The summed E-state index contributed by atoms with van der Waals surface area (Å²) < 4.78 is 0. The molecule has 2 unspecified atom stereocenters. The van der Waals surface area contributed by atoms with Crippen LogP contribution in [0.5, 0.6) is 0 Å². The van der Waals surface area contributed by atoms with Gasteiger partial charge in [-0.15, -0.1) is 0 Å². The van der Waals surface area contributed by atoms with E-state index in [1.54, 1.807) is 0 Å². The molecule has 2 heterocycles. The molecule has 0 aromatic heterocycles. The van der Waals surface area contributed by atoms with Gasteiger partial charge in [0.15, 0.2) is 0 Å². The van der Waals surface area contributed by atoms with Crippen molar-refractivity contribution in [2.45, 2.75) is 45.1 Å². The Hall–Kier alpha value is -0.570. The molecule has 0 aliphatic carbocycles. The second-order valence-electron chi connectivity index (χ2n) is 4.84. The van der Waals surface area contributed by atoms with E-state index in [0.717, 1.165) is 32.0 Å². The van der Waals surface area contributed by atoms with Gasteiger partial charge in [0, 0.05) is 13.1 Å². The van der Waals surface area contributed by atoms with E-state index in [2.05, 4.69) is 12.2 Å². The molecule has 0 bridgehead atoms. The molecule has 2 atom stereocenters. The number of likely N-dealkylation sites (tertiary alicyclic amines) is 1. The van der Waals surface area contributed by atoms with Crippen molar-refractivity contribution in [3.63, 3.8) is 0 Å². The summed E-state index contributed by atoms with van der Waals surface area (Å²) in [5.41, 5.74) is 0. The van der Waals surface area contributed by atoms with Crippen LogP contribution in [0.1, 0.15) is 39.0 Å². The van der Waals surface area contributed by atoms with Crippen LogP contribution in [0, 0.1) is 5.92 Å². The topological polar surface area (TPSA) is 32.3 Å². The van der Waals surface area contributed by atoms with Gasteiger partial charge in [0.25, 0.3) is 0 Å². The molecule has 2 aliphatic heterocycles. The zero-order chi connectivity index (χ0) is 10.7. The van der Waals surface area contributed by atoms with E-state index in [0.29, 0.717) is 5.91 Å². The molecule has 15 heavy (non-hydrogen) atoms.